The van der Waals surface area contributed by atoms with Gasteiger partial charge in [-0.2, -0.15) is 0 Å². The third-order valence-electron chi connectivity index (χ3n) is 7.28. The number of amides is 2. The van der Waals surface area contributed by atoms with Crippen LogP contribution in [0.4, 0.5) is 15.9 Å². The van der Waals surface area contributed by atoms with Gasteiger partial charge in [0.05, 0.1) is 18.9 Å². The first-order valence-electron chi connectivity index (χ1n) is 13.2. The van der Waals surface area contributed by atoms with E-state index in [2.05, 4.69) is 9.88 Å². The van der Waals surface area contributed by atoms with E-state index in [1.165, 1.54) is 12.1 Å². The van der Waals surface area contributed by atoms with Crippen LogP contribution in [-0.2, 0) is 29.1 Å². The second kappa shape index (κ2) is 11.1. The normalized spacial score (nSPS) is 13.6. The highest BCUT2D eigenvalue weighted by Gasteiger charge is 2.28. The number of carbonyl (C=O) groups is 2. The quantitative estimate of drug-likeness (QED) is 0.326. The third kappa shape index (κ3) is 5.55. The maximum absolute atomic E-state index is 13.7. The number of benzene rings is 3. The summed E-state index contributed by atoms with van der Waals surface area (Å²) >= 11 is 0. The number of nitrogens with zero attached hydrogens (tertiary/aromatic N) is 3. The predicted molar refractivity (Wildman–Crippen MR) is 150 cm³/mol. The number of halogens is 1. The molecule has 0 fully saturated rings. The number of hydrogen-bond acceptors (Lipinski definition) is 4. The molecule has 5 rings (SSSR count). The molecule has 0 spiro atoms. The zero-order valence-corrected chi connectivity index (χ0v) is 22.2. The topological polar surface area (TPSA) is 93.3 Å². The SMILES string of the molecule is CCC(C(N)=O)c1ccccc1CC(=O)N1CCn2c(nc(-c3ccc(F)cc3)c2Nc2ccc(C)cc2)C1. The van der Waals surface area contributed by atoms with Crippen LogP contribution in [0.2, 0.25) is 0 Å². The number of carbonyl (C=O) groups excluding carboxylic acids is 2. The molecule has 1 unspecified atom stereocenters. The van der Waals surface area contributed by atoms with E-state index in [0.717, 1.165) is 39.6 Å². The number of primary amides is 1. The first kappa shape index (κ1) is 26.2. The van der Waals surface area contributed by atoms with Crippen LogP contribution in [0.1, 0.15) is 41.8 Å². The molecule has 0 saturated carbocycles. The molecule has 1 aromatic heterocycles. The van der Waals surface area contributed by atoms with Gasteiger partial charge in [0.25, 0.3) is 0 Å². The fraction of sp³-hybridized carbons (Fsp3) is 0.258. The second-order valence-electron chi connectivity index (χ2n) is 9.93. The molecule has 1 aliphatic heterocycles. The fourth-order valence-electron chi connectivity index (χ4n) is 5.14. The van der Waals surface area contributed by atoms with Crippen molar-refractivity contribution in [3.05, 3.63) is 101 Å². The van der Waals surface area contributed by atoms with E-state index in [9.17, 15) is 14.0 Å². The van der Waals surface area contributed by atoms with E-state index >= 15 is 0 Å². The number of nitrogens with one attached hydrogen (secondary N) is 1. The number of fused-ring (bicyclic) bond motifs is 1. The van der Waals surface area contributed by atoms with E-state index in [1.54, 1.807) is 17.0 Å². The Morgan fingerprint density at radius 3 is 2.44 bits per heavy atom. The van der Waals surface area contributed by atoms with Gasteiger partial charge in [0.1, 0.15) is 23.2 Å². The number of aromatic nitrogens is 2. The maximum Gasteiger partial charge on any atom is 0.227 e. The van der Waals surface area contributed by atoms with Gasteiger partial charge in [-0.1, -0.05) is 48.9 Å². The monoisotopic (exact) mass is 525 g/mol. The Labute approximate surface area is 227 Å². The van der Waals surface area contributed by atoms with Gasteiger partial charge in [0, 0.05) is 24.3 Å². The summed E-state index contributed by atoms with van der Waals surface area (Å²) in [6.07, 6.45) is 0.755. The molecular weight excluding hydrogens is 493 g/mol. The molecule has 2 amide bonds. The van der Waals surface area contributed by atoms with Crippen LogP contribution in [0.15, 0.2) is 72.8 Å². The zero-order chi connectivity index (χ0) is 27.5. The Morgan fingerprint density at radius 2 is 1.74 bits per heavy atom. The van der Waals surface area contributed by atoms with Crippen LogP contribution in [-0.4, -0.2) is 32.8 Å². The van der Waals surface area contributed by atoms with E-state index in [0.29, 0.717) is 31.7 Å². The molecule has 3 aromatic carbocycles. The van der Waals surface area contributed by atoms with Crippen molar-refractivity contribution in [1.82, 2.24) is 14.5 Å². The largest absolute Gasteiger partial charge is 0.369 e. The molecular formula is C31H32FN5O2. The first-order valence-corrected chi connectivity index (χ1v) is 13.2. The predicted octanol–water partition coefficient (Wildman–Crippen LogP) is 5.31. The number of rotatable bonds is 8. The van der Waals surface area contributed by atoms with E-state index in [4.69, 9.17) is 10.7 Å². The highest BCUT2D eigenvalue weighted by Crippen LogP contribution is 2.34. The van der Waals surface area contributed by atoms with Crippen LogP contribution in [0.25, 0.3) is 11.3 Å². The molecule has 4 aromatic rings. The highest BCUT2D eigenvalue weighted by molar-refractivity contribution is 5.84. The van der Waals surface area contributed by atoms with Crippen LogP contribution in [0.5, 0.6) is 0 Å². The average molecular weight is 526 g/mol. The summed E-state index contributed by atoms with van der Waals surface area (Å²) in [7, 11) is 0. The minimum atomic E-state index is -0.428. The van der Waals surface area contributed by atoms with Crippen LogP contribution in [0, 0.1) is 12.7 Å². The molecule has 0 aliphatic carbocycles. The Balaban J connectivity index is 1.43. The minimum absolute atomic E-state index is 0.0348. The van der Waals surface area contributed by atoms with Gasteiger partial charge in [-0.3, -0.25) is 9.59 Å². The van der Waals surface area contributed by atoms with Crippen molar-refractivity contribution in [2.24, 2.45) is 5.73 Å². The smallest absolute Gasteiger partial charge is 0.227 e. The molecule has 7 nitrogen and oxygen atoms in total. The number of imidazole rings is 1. The molecule has 1 aliphatic rings. The van der Waals surface area contributed by atoms with Gasteiger partial charge >= 0.3 is 0 Å². The van der Waals surface area contributed by atoms with Crippen molar-refractivity contribution < 1.29 is 14.0 Å². The Bertz CT molecular complexity index is 1490. The molecule has 3 N–H and O–H groups in total. The van der Waals surface area contributed by atoms with Crippen molar-refractivity contribution in [3.63, 3.8) is 0 Å². The molecule has 0 bridgehead atoms. The van der Waals surface area contributed by atoms with Crippen LogP contribution < -0.4 is 11.1 Å². The van der Waals surface area contributed by atoms with Crippen molar-refractivity contribution in [2.45, 2.75) is 45.7 Å². The lowest BCUT2D eigenvalue weighted by atomic mass is 9.90. The third-order valence-corrected chi connectivity index (χ3v) is 7.28. The Morgan fingerprint density at radius 1 is 1.03 bits per heavy atom. The number of hydrogen-bond donors (Lipinski definition) is 2. The first-order chi connectivity index (χ1) is 18.8. The second-order valence-corrected chi connectivity index (χ2v) is 9.93. The number of anilines is 2. The lowest BCUT2D eigenvalue weighted by Crippen LogP contribution is -2.39. The fourth-order valence-corrected chi connectivity index (χ4v) is 5.14. The molecule has 39 heavy (non-hydrogen) atoms. The van der Waals surface area contributed by atoms with Gasteiger partial charge in [-0.25, -0.2) is 9.37 Å². The molecule has 0 radical (unpaired) electrons. The maximum atomic E-state index is 13.7. The standard InChI is InChI=1S/C31H32FN5O2/c1-3-25(30(33)39)26-7-5-4-6-22(26)18-28(38)36-16-17-37-27(19-36)35-29(21-10-12-23(32)13-11-21)31(37)34-24-14-8-20(2)9-15-24/h4-15,25,34H,3,16-19H2,1-2H3,(H2,33,39). The van der Waals surface area contributed by atoms with Crippen LogP contribution in [0.3, 0.4) is 0 Å². The minimum Gasteiger partial charge on any atom is -0.369 e. The summed E-state index contributed by atoms with van der Waals surface area (Å²) in [5.74, 6) is 0.398. The lowest BCUT2D eigenvalue weighted by molar-refractivity contribution is -0.132. The van der Waals surface area contributed by atoms with Crippen molar-refractivity contribution in [1.29, 1.82) is 0 Å². The number of nitrogens with two attached hydrogens (primary N) is 1. The Hall–Kier alpha value is -4.46. The summed E-state index contributed by atoms with van der Waals surface area (Å²) in [6, 6.07) is 21.9. The Kier molecular flexibility index (Phi) is 7.45. The summed E-state index contributed by atoms with van der Waals surface area (Å²) in [4.78, 5) is 32.2. The van der Waals surface area contributed by atoms with Gasteiger partial charge < -0.3 is 20.5 Å². The van der Waals surface area contributed by atoms with Crippen molar-refractivity contribution >= 4 is 23.3 Å². The zero-order valence-electron chi connectivity index (χ0n) is 22.2. The number of aryl methyl sites for hydroxylation is 1. The van der Waals surface area contributed by atoms with Gasteiger partial charge in [-0.05, 0) is 60.9 Å². The van der Waals surface area contributed by atoms with Gasteiger partial charge in [0.15, 0.2) is 0 Å². The van der Waals surface area contributed by atoms with Gasteiger partial charge in [0.2, 0.25) is 11.8 Å². The molecule has 2 heterocycles. The molecule has 0 saturated heterocycles. The summed E-state index contributed by atoms with van der Waals surface area (Å²) in [5.41, 5.74) is 10.8. The average Bonchev–Trinajstić information content (AvgIpc) is 3.29. The molecule has 200 valence electrons. The molecule has 8 heteroatoms. The van der Waals surface area contributed by atoms with Crippen molar-refractivity contribution in [3.8, 4) is 11.3 Å². The van der Waals surface area contributed by atoms with Gasteiger partial charge in [-0.15, -0.1) is 0 Å². The summed E-state index contributed by atoms with van der Waals surface area (Å²) in [6.45, 7) is 5.37. The van der Waals surface area contributed by atoms with E-state index in [-0.39, 0.29) is 24.1 Å². The van der Waals surface area contributed by atoms with Crippen molar-refractivity contribution in [2.75, 3.05) is 11.9 Å². The summed E-state index contributed by atoms with van der Waals surface area (Å²) < 4.78 is 15.8. The van der Waals surface area contributed by atoms with E-state index < -0.39 is 5.92 Å². The van der Waals surface area contributed by atoms with E-state index in [1.807, 2.05) is 62.4 Å². The molecule has 1 atom stereocenters. The lowest BCUT2D eigenvalue weighted by Gasteiger charge is -2.29. The van der Waals surface area contributed by atoms with Crippen LogP contribution >= 0.6 is 0 Å². The highest BCUT2D eigenvalue weighted by atomic mass is 19.1. The summed E-state index contributed by atoms with van der Waals surface area (Å²) in [5, 5.41) is 3.50.